The van der Waals surface area contributed by atoms with Crippen LogP contribution in [-0.2, 0) is 11.3 Å². The molecular weight excluding hydrogens is 376 g/mol. The van der Waals surface area contributed by atoms with Crippen molar-refractivity contribution < 1.29 is 9.90 Å². The number of aliphatic carboxylic acids is 1. The minimum Gasteiger partial charge on any atom is -0.481 e. The predicted molar refractivity (Wildman–Crippen MR) is 107 cm³/mol. The number of rotatable bonds is 5. The maximum Gasteiger partial charge on any atom is 0.306 e. The fraction of sp³-hybridized carbons (Fsp3) is 0.556. The van der Waals surface area contributed by atoms with E-state index in [2.05, 4.69) is 9.80 Å². The van der Waals surface area contributed by atoms with E-state index in [0.717, 1.165) is 60.7 Å². The molecule has 4 nitrogen and oxygen atoms in total. The molecule has 1 aliphatic heterocycles. The Morgan fingerprint density at radius 3 is 2.56 bits per heavy atom. The quantitative estimate of drug-likeness (QED) is 0.746. The van der Waals surface area contributed by atoms with Gasteiger partial charge >= 0.3 is 5.97 Å². The maximum atomic E-state index is 11.1. The first-order valence-corrected chi connectivity index (χ1v) is 10.4. The van der Waals surface area contributed by atoms with Crippen molar-refractivity contribution in [2.75, 3.05) is 19.1 Å². The Morgan fingerprint density at radius 1 is 1.24 bits per heavy atom. The van der Waals surface area contributed by atoms with Crippen LogP contribution in [0.25, 0.3) is 0 Å². The van der Waals surface area contributed by atoms with Crippen molar-refractivity contribution in [3.8, 4) is 0 Å². The highest BCUT2D eigenvalue weighted by Crippen LogP contribution is 2.31. The molecule has 0 bridgehead atoms. The molecule has 25 heavy (non-hydrogen) atoms. The lowest BCUT2D eigenvalue weighted by molar-refractivity contribution is -0.143. The Labute approximate surface area is 163 Å². The van der Waals surface area contributed by atoms with Gasteiger partial charge in [-0.3, -0.25) is 9.69 Å². The molecule has 1 saturated heterocycles. The molecule has 1 aliphatic carbocycles. The lowest BCUT2D eigenvalue weighted by atomic mass is 9.82. The summed E-state index contributed by atoms with van der Waals surface area (Å²) in [4.78, 5) is 15.7. The van der Waals surface area contributed by atoms with Gasteiger partial charge < -0.3 is 10.0 Å². The Morgan fingerprint density at radius 2 is 1.92 bits per heavy atom. The molecule has 7 heteroatoms. The van der Waals surface area contributed by atoms with Crippen LogP contribution in [0.4, 0.5) is 0 Å². The summed E-state index contributed by atoms with van der Waals surface area (Å²) in [6.45, 7) is 2.66. The van der Waals surface area contributed by atoms with Gasteiger partial charge in [0, 0.05) is 18.1 Å². The minimum absolute atomic E-state index is 0.138. The van der Waals surface area contributed by atoms with Gasteiger partial charge in [0.2, 0.25) is 0 Å². The summed E-state index contributed by atoms with van der Waals surface area (Å²) in [7, 11) is 0. The van der Waals surface area contributed by atoms with Crippen molar-refractivity contribution in [3.63, 3.8) is 0 Å². The van der Waals surface area contributed by atoms with Crippen LogP contribution in [0.1, 0.15) is 31.2 Å². The molecule has 0 radical (unpaired) electrons. The fourth-order valence-electron chi connectivity index (χ4n) is 3.57. The standard InChI is InChI=1S/C18H23ClN2O2S2/c19-16-7-3-14(4-8-16)10-21-11-20(12-25-18(21)24)9-13-1-5-15(6-2-13)17(22)23/h3-4,7-8,13,15H,1-2,5-6,9-12H2,(H,22,23). The molecule has 2 aliphatic rings. The summed E-state index contributed by atoms with van der Waals surface area (Å²) in [6, 6.07) is 7.91. The first-order chi connectivity index (χ1) is 12.0. The Kier molecular flexibility index (Phi) is 6.61. The number of halogens is 1. The molecule has 0 spiro atoms. The highest BCUT2D eigenvalue weighted by atomic mass is 35.5. The molecule has 1 saturated carbocycles. The number of carboxylic acid groups (broad SMARTS) is 1. The molecule has 0 aromatic heterocycles. The van der Waals surface area contributed by atoms with Crippen molar-refractivity contribution in [1.29, 1.82) is 0 Å². The van der Waals surface area contributed by atoms with Gasteiger partial charge in [-0.05, 0) is 49.3 Å². The first-order valence-electron chi connectivity index (χ1n) is 8.62. The summed E-state index contributed by atoms with van der Waals surface area (Å²) >= 11 is 13.2. The number of thiocarbonyl (C=S) groups is 1. The van der Waals surface area contributed by atoms with Crippen molar-refractivity contribution in [2.45, 2.75) is 32.2 Å². The smallest absolute Gasteiger partial charge is 0.306 e. The van der Waals surface area contributed by atoms with Gasteiger partial charge in [-0.15, -0.1) is 0 Å². The number of carbonyl (C=O) groups is 1. The van der Waals surface area contributed by atoms with Gasteiger partial charge in [0.05, 0.1) is 18.5 Å². The van der Waals surface area contributed by atoms with Crippen LogP contribution in [0.15, 0.2) is 24.3 Å². The molecule has 1 heterocycles. The average molecular weight is 399 g/mol. The van der Waals surface area contributed by atoms with Crippen LogP contribution >= 0.6 is 35.6 Å². The highest BCUT2D eigenvalue weighted by molar-refractivity contribution is 8.22. The molecule has 136 valence electrons. The van der Waals surface area contributed by atoms with Crippen LogP contribution in [0, 0.1) is 11.8 Å². The van der Waals surface area contributed by atoms with Gasteiger partial charge in [-0.2, -0.15) is 0 Å². The van der Waals surface area contributed by atoms with E-state index >= 15 is 0 Å². The van der Waals surface area contributed by atoms with Crippen LogP contribution in [0.2, 0.25) is 5.02 Å². The van der Waals surface area contributed by atoms with Crippen LogP contribution < -0.4 is 0 Å². The summed E-state index contributed by atoms with van der Waals surface area (Å²) in [5.41, 5.74) is 1.20. The number of hydrogen-bond acceptors (Lipinski definition) is 4. The molecule has 0 atom stereocenters. The van der Waals surface area contributed by atoms with E-state index in [1.165, 1.54) is 5.56 Å². The largest absolute Gasteiger partial charge is 0.481 e. The molecule has 2 fully saturated rings. The zero-order valence-corrected chi connectivity index (χ0v) is 16.5. The van der Waals surface area contributed by atoms with Crippen molar-refractivity contribution in [3.05, 3.63) is 34.9 Å². The second kappa shape index (κ2) is 8.71. The third kappa shape index (κ3) is 5.33. The van der Waals surface area contributed by atoms with Gasteiger partial charge in [0.15, 0.2) is 0 Å². The Bertz CT molecular complexity index is 618. The van der Waals surface area contributed by atoms with E-state index in [9.17, 15) is 4.79 Å². The van der Waals surface area contributed by atoms with Gasteiger partial charge in [0.1, 0.15) is 4.32 Å². The summed E-state index contributed by atoms with van der Waals surface area (Å²) in [6.07, 6.45) is 3.65. The Balaban J connectivity index is 1.51. The lowest BCUT2D eigenvalue weighted by Crippen LogP contribution is -2.46. The first kappa shape index (κ1) is 19.0. The van der Waals surface area contributed by atoms with Crippen molar-refractivity contribution in [2.24, 2.45) is 11.8 Å². The monoisotopic (exact) mass is 398 g/mol. The lowest BCUT2D eigenvalue weighted by Gasteiger charge is -2.39. The van der Waals surface area contributed by atoms with E-state index in [0.29, 0.717) is 5.92 Å². The molecule has 1 aromatic rings. The molecule has 1 N–H and O–H groups in total. The van der Waals surface area contributed by atoms with Crippen LogP contribution in [0.3, 0.4) is 0 Å². The second-order valence-corrected chi connectivity index (χ2v) is 8.93. The summed E-state index contributed by atoms with van der Waals surface area (Å²) < 4.78 is 0.945. The van der Waals surface area contributed by atoms with E-state index in [4.69, 9.17) is 28.9 Å². The number of nitrogens with zero attached hydrogens (tertiary/aromatic N) is 2. The molecule has 3 rings (SSSR count). The number of thioether (sulfide) groups is 1. The van der Waals surface area contributed by atoms with Gasteiger partial charge in [-0.1, -0.05) is 47.7 Å². The normalized spacial score (nSPS) is 25.2. The molecule has 1 aromatic carbocycles. The minimum atomic E-state index is -0.633. The van der Waals surface area contributed by atoms with E-state index in [1.807, 2.05) is 24.3 Å². The van der Waals surface area contributed by atoms with Crippen molar-refractivity contribution in [1.82, 2.24) is 9.80 Å². The Hall–Kier alpha value is -0.820. The van der Waals surface area contributed by atoms with E-state index in [1.54, 1.807) is 11.8 Å². The summed E-state index contributed by atoms with van der Waals surface area (Å²) in [5.74, 6) is 0.752. The average Bonchev–Trinajstić information content (AvgIpc) is 2.60. The SMILES string of the molecule is O=C(O)C1CCC(CN2CSC(=S)N(Cc3ccc(Cl)cc3)C2)CC1. The zero-order chi connectivity index (χ0) is 17.8. The van der Waals surface area contributed by atoms with Gasteiger partial charge in [0.25, 0.3) is 0 Å². The third-order valence-corrected chi connectivity index (χ3v) is 6.86. The third-order valence-electron chi connectivity index (χ3n) is 5.00. The highest BCUT2D eigenvalue weighted by Gasteiger charge is 2.29. The number of carboxylic acids is 1. The van der Waals surface area contributed by atoms with Gasteiger partial charge in [-0.25, -0.2) is 0 Å². The van der Waals surface area contributed by atoms with E-state index < -0.39 is 5.97 Å². The molecule has 0 unspecified atom stereocenters. The van der Waals surface area contributed by atoms with E-state index in [-0.39, 0.29) is 5.92 Å². The van der Waals surface area contributed by atoms with Crippen LogP contribution in [0.5, 0.6) is 0 Å². The summed E-state index contributed by atoms with van der Waals surface area (Å²) in [5, 5.41) is 9.87. The number of hydrogen-bond donors (Lipinski definition) is 1. The number of benzene rings is 1. The van der Waals surface area contributed by atoms with Crippen molar-refractivity contribution >= 4 is 45.9 Å². The predicted octanol–water partition coefficient (Wildman–Crippen LogP) is 4.28. The fourth-order valence-corrected chi connectivity index (χ4v) is 4.76. The second-order valence-electron chi connectivity index (χ2n) is 6.91. The molecule has 0 amide bonds. The molecular formula is C18H23ClN2O2S2. The zero-order valence-electron chi connectivity index (χ0n) is 14.1. The maximum absolute atomic E-state index is 11.1. The van der Waals surface area contributed by atoms with Crippen LogP contribution in [-0.4, -0.2) is 44.3 Å². The topological polar surface area (TPSA) is 43.8 Å².